The third-order valence-corrected chi connectivity index (χ3v) is 5.30. The number of fused-ring (bicyclic) bond motifs is 3. The van der Waals surface area contributed by atoms with E-state index in [1.165, 1.54) is 13.3 Å². The lowest BCUT2D eigenvalue weighted by Crippen LogP contribution is -2.13. The number of hydrogen-bond donors (Lipinski definition) is 2. The number of benzene rings is 2. The Hall–Kier alpha value is -3.57. The Balaban J connectivity index is 1.94. The molecule has 0 radical (unpaired) electrons. The summed E-state index contributed by atoms with van der Waals surface area (Å²) in [5.74, 6) is -2.80. The van der Waals surface area contributed by atoms with Crippen molar-refractivity contribution < 1.29 is 26.7 Å². The van der Waals surface area contributed by atoms with Crippen molar-refractivity contribution in [3.8, 4) is 17.4 Å². The summed E-state index contributed by atoms with van der Waals surface area (Å²) in [7, 11) is -2.80. The van der Waals surface area contributed by atoms with Gasteiger partial charge < -0.3 is 15.2 Å². The van der Waals surface area contributed by atoms with Crippen LogP contribution in [-0.2, 0) is 10.0 Å². The van der Waals surface area contributed by atoms with Crippen LogP contribution in [0.2, 0.25) is 0 Å². The molecule has 154 valence electrons. The number of pyridine rings is 2. The molecule has 0 bridgehead atoms. The summed E-state index contributed by atoms with van der Waals surface area (Å²) in [5.41, 5.74) is 6.50. The molecule has 4 N–H and O–H groups in total. The maximum absolute atomic E-state index is 14.5. The topological polar surface area (TPSA) is 130 Å². The van der Waals surface area contributed by atoms with Gasteiger partial charge in [-0.05, 0) is 30.3 Å². The van der Waals surface area contributed by atoms with E-state index in [9.17, 15) is 17.2 Å². The van der Waals surface area contributed by atoms with Crippen molar-refractivity contribution >= 4 is 37.5 Å². The molecule has 0 aliphatic carbocycles. The number of sulfonamides is 1. The summed E-state index contributed by atoms with van der Waals surface area (Å²) in [4.78, 5) is 7.68. The standard InChI is InChI=1S/C19H14F2N4O4S/c1-28-9-2-3-11-15(6-9)25-18(22)12-4-5-24-19(16(11)12)29-17-13(20)7-10(8-14(17)21)30(23,26)27/h2-8H,1H3,(H2,22,25)(H2,23,26,27). The molecule has 0 atom stereocenters. The van der Waals surface area contributed by atoms with E-state index >= 15 is 0 Å². The van der Waals surface area contributed by atoms with Crippen LogP contribution in [0.3, 0.4) is 0 Å². The maximum atomic E-state index is 14.5. The van der Waals surface area contributed by atoms with Gasteiger partial charge in [-0.15, -0.1) is 0 Å². The van der Waals surface area contributed by atoms with E-state index in [0.717, 1.165) is 0 Å². The predicted molar refractivity (Wildman–Crippen MR) is 106 cm³/mol. The molecule has 0 spiro atoms. The highest BCUT2D eigenvalue weighted by Crippen LogP contribution is 2.38. The lowest BCUT2D eigenvalue weighted by molar-refractivity contribution is 0.397. The summed E-state index contributed by atoms with van der Waals surface area (Å²) < 4.78 is 62.3. The second-order valence-electron chi connectivity index (χ2n) is 6.28. The Morgan fingerprint density at radius 1 is 1.03 bits per heavy atom. The zero-order valence-corrected chi connectivity index (χ0v) is 16.2. The molecular formula is C19H14F2N4O4S. The minimum Gasteiger partial charge on any atom is -0.497 e. The highest BCUT2D eigenvalue weighted by molar-refractivity contribution is 7.89. The third-order valence-electron chi connectivity index (χ3n) is 4.41. The Bertz CT molecular complexity index is 1400. The Labute approximate surface area is 169 Å². The predicted octanol–water partition coefficient (Wildman–Crippen LogP) is 3.09. The highest BCUT2D eigenvalue weighted by Gasteiger charge is 2.21. The number of methoxy groups -OCH3 is 1. The largest absolute Gasteiger partial charge is 0.497 e. The van der Waals surface area contributed by atoms with Gasteiger partial charge in [-0.2, -0.15) is 0 Å². The average Bonchev–Trinajstić information content (AvgIpc) is 2.69. The molecule has 2 heterocycles. The van der Waals surface area contributed by atoms with Crippen LogP contribution in [0, 0.1) is 11.6 Å². The van der Waals surface area contributed by atoms with Crippen LogP contribution in [-0.4, -0.2) is 25.5 Å². The average molecular weight is 432 g/mol. The molecule has 4 aromatic rings. The zero-order chi connectivity index (χ0) is 21.6. The summed E-state index contributed by atoms with van der Waals surface area (Å²) in [6.45, 7) is 0. The first-order valence-corrected chi connectivity index (χ1v) is 9.95. The van der Waals surface area contributed by atoms with Crippen molar-refractivity contribution in [3.63, 3.8) is 0 Å². The van der Waals surface area contributed by atoms with Crippen molar-refractivity contribution in [1.82, 2.24) is 9.97 Å². The minimum absolute atomic E-state index is 0.141. The van der Waals surface area contributed by atoms with Gasteiger partial charge in [0, 0.05) is 23.0 Å². The second-order valence-corrected chi connectivity index (χ2v) is 7.84. The molecular weight excluding hydrogens is 418 g/mol. The molecule has 0 aliphatic rings. The van der Waals surface area contributed by atoms with Crippen LogP contribution in [0.5, 0.6) is 17.4 Å². The summed E-state index contributed by atoms with van der Waals surface area (Å²) in [6, 6.07) is 7.73. The molecule has 0 fully saturated rings. The normalized spacial score (nSPS) is 11.7. The number of aromatic nitrogens is 2. The van der Waals surface area contributed by atoms with Gasteiger partial charge in [0.1, 0.15) is 11.6 Å². The van der Waals surface area contributed by atoms with Crippen molar-refractivity contribution in [2.45, 2.75) is 4.90 Å². The smallest absolute Gasteiger partial charge is 0.238 e. The van der Waals surface area contributed by atoms with Gasteiger partial charge in [-0.1, -0.05) is 0 Å². The fourth-order valence-corrected chi connectivity index (χ4v) is 3.56. The van der Waals surface area contributed by atoms with Crippen LogP contribution in [0.25, 0.3) is 21.7 Å². The van der Waals surface area contributed by atoms with Crippen molar-refractivity contribution in [2.24, 2.45) is 5.14 Å². The lowest BCUT2D eigenvalue weighted by atomic mass is 10.1. The first kappa shape index (κ1) is 19.7. The number of ether oxygens (including phenoxy) is 2. The quantitative estimate of drug-likeness (QED) is 0.474. The minimum atomic E-state index is -4.30. The summed E-state index contributed by atoms with van der Waals surface area (Å²) in [6.07, 6.45) is 1.35. The van der Waals surface area contributed by atoms with Crippen LogP contribution >= 0.6 is 0 Å². The van der Waals surface area contributed by atoms with Crippen LogP contribution in [0.15, 0.2) is 47.5 Å². The van der Waals surface area contributed by atoms with Gasteiger partial charge in [0.25, 0.3) is 0 Å². The van der Waals surface area contributed by atoms with E-state index in [2.05, 4.69) is 9.97 Å². The van der Waals surface area contributed by atoms with Crippen LogP contribution in [0.4, 0.5) is 14.6 Å². The first-order chi connectivity index (χ1) is 14.2. The van der Waals surface area contributed by atoms with Crippen molar-refractivity contribution in [1.29, 1.82) is 0 Å². The number of primary sulfonamides is 1. The summed E-state index contributed by atoms with van der Waals surface area (Å²) >= 11 is 0. The molecule has 0 unspecified atom stereocenters. The Morgan fingerprint density at radius 3 is 2.37 bits per heavy atom. The highest BCUT2D eigenvalue weighted by atomic mass is 32.2. The molecule has 8 nitrogen and oxygen atoms in total. The van der Waals surface area contributed by atoms with E-state index in [4.69, 9.17) is 20.3 Å². The van der Waals surface area contributed by atoms with Gasteiger partial charge in [-0.25, -0.2) is 32.3 Å². The molecule has 0 aliphatic heterocycles. The van der Waals surface area contributed by atoms with Crippen LogP contribution in [0.1, 0.15) is 0 Å². The fourth-order valence-electron chi connectivity index (χ4n) is 3.02. The number of nitrogens with zero attached hydrogens (tertiary/aromatic N) is 2. The molecule has 2 aromatic heterocycles. The van der Waals surface area contributed by atoms with E-state index in [1.807, 2.05) is 0 Å². The van der Waals surface area contributed by atoms with Crippen LogP contribution < -0.4 is 20.3 Å². The lowest BCUT2D eigenvalue weighted by Gasteiger charge is -2.13. The van der Waals surface area contributed by atoms with Gasteiger partial charge in [0.15, 0.2) is 11.6 Å². The number of halogens is 2. The Kier molecular flexibility index (Phi) is 4.63. The molecule has 0 saturated heterocycles. The van der Waals surface area contributed by atoms with Crippen molar-refractivity contribution in [2.75, 3.05) is 12.8 Å². The number of nitrogens with two attached hydrogens (primary N) is 2. The number of nitrogen functional groups attached to an aromatic ring is 1. The van der Waals surface area contributed by atoms with Gasteiger partial charge in [-0.3, -0.25) is 0 Å². The Morgan fingerprint density at radius 2 is 1.73 bits per heavy atom. The van der Waals surface area contributed by atoms with E-state index < -0.39 is 32.3 Å². The van der Waals surface area contributed by atoms with Gasteiger partial charge >= 0.3 is 0 Å². The van der Waals surface area contributed by atoms with E-state index in [1.54, 1.807) is 24.3 Å². The number of anilines is 1. The van der Waals surface area contributed by atoms with E-state index in [0.29, 0.717) is 39.6 Å². The molecule has 0 amide bonds. The maximum Gasteiger partial charge on any atom is 0.238 e. The monoisotopic (exact) mass is 432 g/mol. The zero-order valence-electron chi connectivity index (χ0n) is 15.4. The SMILES string of the molecule is COc1ccc2c(c1)nc(N)c1ccnc(Oc3c(F)cc(S(N)(=O)=O)cc3F)c12. The van der Waals surface area contributed by atoms with Gasteiger partial charge in [0.2, 0.25) is 21.7 Å². The molecule has 11 heteroatoms. The molecule has 0 saturated carbocycles. The van der Waals surface area contributed by atoms with E-state index in [-0.39, 0.29) is 11.7 Å². The first-order valence-electron chi connectivity index (χ1n) is 8.40. The third kappa shape index (κ3) is 3.33. The second kappa shape index (κ2) is 7.04. The number of rotatable bonds is 4. The number of hydrogen-bond acceptors (Lipinski definition) is 7. The van der Waals surface area contributed by atoms with Crippen molar-refractivity contribution in [3.05, 3.63) is 54.2 Å². The molecule has 30 heavy (non-hydrogen) atoms. The summed E-state index contributed by atoms with van der Waals surface area (Å²) in [5, 5.41) is 6.32. The fraction of sp³-hybridized carbons (Fsp3) is 0.0526. The van der Waals surface area contributed by atoms with Gasteiger partial charge in [0.05, 0.1) is 22.9 Å². The molecule has 2 aromatic carbocycles. The molecule has 4 rings (SSSR count).